The van der Waals surface area contributed by atoms with Crippen molar-refractivity contribution in [3.8, 4) is 0 Å². The van der Waals surface area contributed by atoms with E-state index in [0.717, 1.165) is 17.0 Å². The van der Waals surface area contributed by atoms with Gasteiger partial charge in [0.05, 0.1) is 17.9 Å². The van der Waals surface area contributed by atoms with Gasteiger partial charge in [-0.25, -0.2) is 0 Å². The first-order valence-corrected chi connectivity index (χ1v) is 9.60. The molecule has 1 heterocycles. The molecule has 3 amide bonds. The molecule has 1 aliphatic rings. The average molecular weight is 444 g/mol. The van der Waals surface area contributed by atoms with Crippen molar-refractivity contribution in [3.63, 3.8) is 0 Å². The van der Waals surface area contributed by atoms with E-state index in [1.807, 2.05) is 20.8 Å². The van der Waals surface area contributed by atoms with E-state index in [2.05, 4.69) is 5.32 Å². The van der Waals surface area contributed by atoms with Crippen molar-refractivity contribution in [2.45, 2.75) is 33.0 Å². The minimum absolute atomic E-state index is 0.0189. The molecule has 2 rings (SSSR count). The summed E-state index contributed by atoms with van der Waals surface area (Å²) in [5, 5.41) is 2.33. The van der Waals surface area contributed by atoms with Gasteiger partial charge in [-0.05, 0) is 30.7 Å². The summed E-state index contributed by atoms with van der Waals surface area (Å²) in [6.45, 7) is 5.84. The summed E-state index contributed by atoms with van der Waals surface area (Å²) in [6, 6.07) is 1.72. The van der Waals surface area contributed by atoms with E-state index < -0.39 is 35.5 Å². The highest BCUT2D eigenvalue weighted by molar-refractivity contribution is 6.09. The highest BCUT2D eigenvalue weighted by atomic mass is 19.4. The molecule has 1 fully saturated rings. The lowest BCUT2D eigenvalue weighted by atomic mass is 9.95. The number of rotatable bonds is 6. The number of likely N-dealkylation sites (N-methyl/N-ethyl adjacent to an activating group) is 1. The maximum absolute atomic E-state index is 13.7. The minimum atomic E-state index is -4.78. The fourth-order valence-corrected chi connectivity index (χ4v) is 3.45. The van der Waals surface area contributed by atoms with Crippen molar-refractivity contribution in [2.24, 2.45) is 11.1 Å². The van der Waals surface area contributed by atoms with Crippen LogP contribution in [0.4, 0.5) is 24.5 Å². The fraction of sp³-hybridized carbons (Fsp3) is 0.550. The van der Waals surface area contributed by atoms with Crippen molar-refractivity contribution in [1.29, 1.82) is 0 Å². The van der Waals surface area contributed by atoms with E-state index in [1.54, 1.807) is 0 Å². The molecular formula is C20H27F3N4O4. The number of carbonyl (C=O) groups is 3. The molecule has 0 radical (unpaired) electrons. The van der Waals surface area contributed by atoms with Crippen LogP contribution in [0.1, 0.15) is 26.3 Å². The quantitative estimate of drug-likeness (QED) is 0.652. The van der Waals surface area contributed by atoms with Crippen LogP contribution >= 0.6 is 0 Å². The number of ether oxygens (including phenoxy) is 1. The smallest absolute Gasteiger partial charge is 0.370 e. The zero-order chi connectivity index (χ0) is 23.6. The molecule has 31 heavy (non-hydrogen) atoms. The van der Waals surface area contributed by atoms with Gasteiger partial charge in [-0.2, -0.15) is 13.2 Å². The predicted molar refractivity (Wildman–Crippen MR) is 108 cm³/mol. The van der Waals surface area contributed by atoms with E-state index in [-0.39, 0.29) is 36.5 Å². The number of amides is 3. The molecule has 0 spiro atoms. The Morgan fingerprint density at radius 3 is 2.45 bits per heavy atom. The zero-order valence-electron chi connectivity index (χ0n) is 17.9. The van der Waals surface area contributed by atoms with E-state index in [9.17, 15) is 27.6 Å². The number of nitrogens with zero attached hydrogens (tertiary/aromatic N) is 2. The van der Waals surface area contributed by atoms with E-state index >= 15 is 0 Å². The van der Waals surface area contributed by atoms with Gasteiger partial charge in [0.15, 0.2) is 6.04 Å². The van der Waals surface area contributed by atoms with Gasteiger partial charge in [-0.3, -0.25) is 19.3 Å². The molecule has 1 aliphatic heterocycles. The molecule has 3 N–H and O–H groups in total. The van der Waals surface area contributed by atoms with Crippen molar-refractivity contribution in [3.05, 3.63) is 23.8 Å². The Bertz CT molecular complexity index is 852. The first kappa shape index (κ1) is 24.6. The minimum Gasteiger partial charge on any atom is -0.370 e. The lowest BCUT2D eigenvalue weighted by molar-refractivity contribution is -0.138. The first-order chi connectivity index (χ1) is 14.2. The molecule has 0 aliphatic carbocycles. The Balaban J connectivity index is 2.32. The van der Waals surface area contributed by atoms with E-state index in [1.165, 1.54) is 18.0 Å². The summed E-state index contributed by atoms with van der Waals surface area (Å²) in [4.78, 5) is 39.0. The second kappa shape index (κ2) is 9.23. The van der Waals surface area contributed by atoms with Crippen LogP contribution in [0.5, 0.6) is 0 Å². The average Bonchev–Trinajstić information content (AvgIpc) is 2.59. The van der Waals surface area contributed by atoms with Crippen LogP contribution in [0.15, 0.2) is 18.2 Å². The summed E-state index contributed by atoms with van der Waals surface area (Å²) < 4.78 is 46.0. The monoisotopic (exact) mass is 444 g/mol. The topological polar surface area (TPSA) is 105 Å². The van der Waals surface area contributed by atoms with Crippen LogP contribution in [0.3, 0.4) is 0 Å². The summed E-state index contributed by atoms with van der Waals surface area (Å²) in [5.74, 6) is -2.36. The molecule has 0 unspecified atom stereocenters. The number of primary amides is 1. The Hall–Kier alpha value is -2.66. The molecule has 172 valence electrons. The number of nitrogens with one attached hydrogen (secondary N) is 1. The van der Waals surface area contributed by atoms with Crippen LogP contribution in [-0.4, -0.2) is 62.0 Å². The number of morpholine rings is 1. The SMILES string of the molecule is CN(CC(C)(C)C)[C@H](C(N)=O)C(=O)Nc1ccc(N2CCOCC2=O)c(C(F)(F)F)c1. The molecule has 8 nitrogen and oxygen atoms in total. The molecule has 1 atom stereocenters. The molecule has 0 bridgehead atoms. The number of hydrogen-bond donors (Lipinski definition) is 2. The van der Waals surface area contributed by atoms with Gasteiger partial charge >= 0.3 is 6.18 Å². The first-order valence-electron chi connectivity index (χ1n) is 9.60. The lowest BCUT2D eigenvalue weighted by Crippen LogP contribution is -2.52. The van der Waals surface area contributed by atoms with Crippen LogP contribution in [-0.2, 0) is 25.3 Å². The third-order valence-corrected chi connectivity index (χ3v) is 4.53. The largest absolute Gasteiger partial charge is 0.418 e. The Morgan fingerprint density at radius 1 is 1.29 bits per heavy atom. The van der Waals surface area contributed by atoms with Crippen LogP contribution in [0, 0.1) is 5.41 Å². The standard InChI is InChI=1S/C20H27F3N4O4/c1-19(2,3)11-26(4)16(17(24)29)18(30)25-12-5-6-14(13(9-12)20(21,22)23)27-7-8-31-10-15(27)28/h5-6,9,16H,7-8,10-11H2,1-4H3,(H2,24,29)(H,25,30)/t16-/m1/s1. The van der Waals surface area contributed by atoms with Crippen molar-refractivity contribution >= 4 is 29.1 Å². The number of halogens is 3. The highest BCUT2D eigenvalue weighted by Gasteiger charge is 2.38. The number of anilines is 2. The maximum atomic E-state index is 13.7. The van der Waals surface area contributed by atoms with Crippen molar-refractivity contribution < 1.29 is 32.3 Å². The maximum Gasteiger partial charge on any atom is 0.418 e. The van der Waals surface area contributed by atoms with Gasteiger partial charge in [-0.15, -0.1) is 0 Å². The Kier molecular flexibility index (Phi) is 7.32. The number of benzene rings is 1. The molecular weight excluding hydrogens is 417 g/mol. The van der Waals surface area contributed by atoms with Gasteiger partial charge in [0, 0.05) is 18.8 Å². The molecule has 1 saturated heterocycles. The van der Waals surface area contributed by atoms with E-state index in [0.29, 0.717) is 6.54 Å². The van der Waals surface area contributed by atoms with Gasteiger partial charge in [0.25, 0.3) is 11.8 Å². The third-order valence-electron chi connectivity index (χ3n) is 4.53. The summed E-state index contributed by atoms with van der Waals surface area (Å²) >= 11 is 0. The number of nitrogens with two attached hydrogens (primary N) is 1. The number of carbonyl (C=O) groups excluding carboxylic acids is 3. The predicted octanol–water partition coefficient (Wildman–Crippen LogP) is 1.84. The summed E-state index contributed by atoms with van der Waals surface area (Å²) in [5.41, 5.74) is 3.54. The van der Waals surface area contributed by atoms with Gasteiger partial charge in [0.1, 0.15) is 6.61 Å². The van der Waals surface area contributed by atoms with Gasteiger partial charge in [-0.1, -0.05) is 20.8 Å². The van der Waals surface area contributed by atoms with E-state index in [4.69, 9.17) is 10.5 Å². The Morgan fingerprint density at radius 2 is 1.94 bits per heavy atom. The zero-order valence-corrected chi connectivity index (χ0v) is 17.9. The van der Waals surface area contributed by atoms with Crippen LogP contribution in [0.25, 0.3) is 0 Å². The summed E-state index contributed by atoms with van der Waals surface area (Å²) in [6.07, 6.45) is -4.78. The van der Waals surface area contributed by atoms with Crippen molar-refractivity contribution in [2.75, 3.05) is 43.6 Å². The second-order valence-corrected chi connectivity index (χ2v) is 8.60. The molecule has 1 aromatic carbocycles. The van der Waals surface area contributed by atoms with Gasteiger partial charge < -0.3 is 20.7 Å². The normalized spacial score (nSPS) is 16.4. The third kappa shape index (κ3) is 6.41. The molecule has 1 aromatic rings. The fourth-order valence-electron chi connectivity index (χ4n) is 3.45. The lowest BCUT2D eigenvalue weighted by Gasteiger charge is -2.31. The number of hydrogen-bond acceptors (Lipinski definition) is 5. The van der Waals surface area contributed by atoms with Gasteiger partial charge in [0.2, 0.25) is 5.91 Å². The molecule has 11 heteroatoms. The van der Waals surface area contributed by atoms with Crippen LogP contribution < -0.4 is 16.0 Å². The summed E-state index contributed by atoms with van der Waals surface area (Å²) in [7, 11) is 1.54. The second-order valence-electron chi connectivity index (χ2n) is 8.60. The molecule has 0 saturated carbocycles. The number of alkyl halides is 3. The highest BCUT2D eigenvalue weighted by Crippen LogP contribution is 2.38. The Labute approximate surface area is 178 Å². The van der Waals surface area contributed by atoms with Crippen molar-refractivity contribution in [1.82, 2.24) is 4.90 Å². The van der Waals surface area contributed by atoms with Crippen LogP contribution in [0.2, 0.25) is 0 Å². The molecule has 0 aromatic heterocycles.